The fourth-order valence-corrected chi connectivity index (χ4v) is 2.34. The first-order valence-electron chi connectivity index (χ1n) is 7.36. The molecule has 2 N–H and O–H groups in total. The molecular weight excluding hydrogens is 254 g/mol. The van der Waals surface area contributed by atoms with Gasteiger partial charge in [-0.2, -0.15) is 0 Å². The van der Waals surface area contributed by atoms with Crippen molar-refractivity contribution >= 4 is 11.7 Å². The third-order valence-electron chi connectivity index (χ3n) is 3.49. The Morgan fingerprint density at radius 2 is 2.30 bits per heavy atom. The van der Waals surface area contributed by atoms with Gasteiger partial charge in [-0.1, -0.05) is 13.8 Å². The zero-order valence-electron chi connectivity index (χ0n) is 12.2. The van der Waals surface area contributed by atoms with Crippen LogP contribution in [0, 0.1) is 0 Å². The minimum atomic E-state index is -0.385. The monoisotopic (exact) mass is 277 g/mol. The first kappa shape index (κ1) is 14.8. The smallest absolute Gasteiger partial charge is 0.254 e. The molecule has 20 heavy (non-hydrogen) atoms. The van der Waals surface area contributed by atoms with E-state index in [1.54, 1.807) is 4.90 Å². The molecule has 1 aliphatic rings. The van der Waals surface area contributed by atoms with Crippen LogP contribution in [0.5, 0.6) is 0 Å². The van der Waals surface area contributed by atoms with Crippen molar-refractivity contribution in [3.63, 3.8) is 0 Å². The molecule has 2 rings (SSSR count). The van der Waals surface area contributed by atoms with Gasteiger partial charge < -0.3 is 15.3 Å². The minimum absolute atomic E-state index is 0.0156. The normalized spacial score (nSPS) is 18.4. The molecule has 0 radical (unpaired) electrons. The van der Waals surface area contributed by atoms with Crippen LogP contribution >= 0.6 is 0 Å². The van der Waals surface area contributed by atoms with Crippen LogP contribution in [0.3, 0.4) is 0 Å². The Hall–Kier alpha value is -1.62. The Kier molecular flexibility index (Phi) is 4.95. The summed E-state index contributed by atoms with van der Waals surface area (Å²) in [7, 11) is 0. The van der Waals surface area contributed by atoms with E-state index in [2.05, 4.69) is 17.2 Å². The van der Waals surface area contributed by atoms with Crippen LogP contribution in [0.4, 0.5) is 5.82 Å². The predicted octanol–water partition coefficient (Wildman–Crippen LogP) is 1.67. The summed E-state index contributed by atoms with van der Waals surface area (Å²) in [6, 6.07) is 3.66. The van der Waals surface area contributed by atoms with Crippen molar-refractivity contribution in [2.24, 2.45) is 0 Å². The lowest BCUT2D eigenvalue weighted by Crippen LogP contribution is -2.29. The van der Waals surface area contributed by atoms with Crippen LogP contribution < -0.4 is 5.32 Å². The molecule has 1 amide bonds. The minimum Gasteiger partial charge on any atom is -0.391 e. The van der Waals surface area contributed by atoms with Crippen molar-refractivity contribution in [3.8, 4) is 0 Å². The van der Waals surface area contributed by atoms with Gasteiger partial charge in [0.25, 0.3) is 5.91 Å². The van der Waals surface area contributed by atoms with E-state index in [4.69, 9.17) is 0 Å². The van der Waals surface area contributed by atoms with Gasteiger partial charge in [0.2, 0.25) is 0 Å². The van der Waals surface area contributed by atoms with E-state index in [1.807, 2.05) is 19.1 Å². The maximum absolute atomic E-state index is 12.4. The van der Waals surface area contributed by atoms with Crippen molar-refractivity contribution in [1.82, 2.24) is 9.88 Å². The van der Waals surface area contributed by atoms with Gasteiger partial charge in [-0.25, -0.2) is 4.98 Å². The Balaban J connectivity index is 2.18. The topological polar surface area (TPSA) is 65.5 Å². The molecule has 1 aromatic rings. The number of hydrogen-bond donors (Lipinski definition) is 2. The Morgan fingerprint density at radius 1 is 1.50 bits per heavy atom. The maximum Gasteiger partial charge on any atom is 0.254 e. The van der Waals surface area contributed by atoms with E-state index < -0.39 is 0 Å². The third-order valence-corrected chi connectivity index (χ3v) is 3.49. The van der Waals surface area contributed by atoms with Crippen LogP contribution in [0.25, 0.3) is 0 Å². The van der Waals surface area contributed by atoms with Crippen molar-refractivity contribution < 1.29 is 9.90 Å². The van der Waals surface area contributed by atoms with Crippen LogP contribution in [0.15, 0.2) is 12.1 Å². The fourth-order valence-electron chi connectivity index (χ4n) is 2.34. The standard InChI is InChI=1S/C15H23N3O2/c1-3-6-16-14-9-11(8-12(4-2)17-14)15(20)18-7-5-13(19)10-18/h8-9,13,19H,3-7,10H2,1-2H3,(H,16,17). The molecule has 0 saturated carbocycles. The van der Waals surface area contributed by atoms with Gasteiger partial charge in [0.1, 0.15) is 5.82 Å². The second-order valence-electron chi connectivity index (χ2n) is 5.21. The molecule has 0 bridgehead atoms. The summed E-state index contributed by atoms with van der Waals surface area (Å²) in [6.07, 6.45) is 2.09. The van der Waals surface area contributed by atoms with Crippen molar-refractivity contribution in [2.75, 3.05) is 25.0 Å². The van der Waals surface area contributed by atoms with Gasteiger partial charge in [0.05, 0.1) is 6.10 Å². The average molecular weight is 277 g/mol. The molecule has 5 heteroatoms. The van der Waals surface area contributed by atoms with Crippen LogP contribution in [-0.4, -0.2) is 46.6 Å². The zero-order chi connectivity index (χ0) is 14.5. The molecule has 1 atom stereocenters. The lowest BCUT2D eigenvalue weighted by molar-refractivity contribution is 0.0765. The van der Waals surface area contributed by atoms with Crippen molar-refractivity contribution in [1.29, 1.82) is 0 Å². The zero-order valence-corrected chi connectivity index (χ0v) is 12.2. The van der Waals surface area contributed by atoms with E-state index in [0.29, 0.717) is 25.1 Å². The molecule has 1 aliphatic heterocycles. The van der Waals surface area contributed by atoms with Gasteiger partial charge in [-0.15, -0.1) is 0 Å². The first-order valence-corrected chi connectivity index (χ1v) is 7.36. The number of β-amino-alcohol motifs (C(OH)–C–C–N with tert-alkyl or cyclic N) is 1. The number of aliphatic hydroxyl groups is 1. The van der Waals surface area contributed by atoms with E-state index in [0.717, 1.165) is 30.9 Å². The lowest BCUT2D eigenvalue weighted by Gasteiger charge is -2.17. The summed E-state index contributed by atoms with van der Waals surface area (Å²) in [5.41, 5.74) is 1.57. The van der Waals surface area contributed by atoms with E-state index in [9.17, 15) is 9.90 Å². The number of anilines is 1. The highest BCUT2D eigenvalue weighted by Gasteiger charge is 2.25. The Morgan fingerprint density at radius 3 is 2.90 bits per heavy atom. The second-order valence-corrected chi connectivity index (χ2v) is 5.21. The van der Waals surface area contributed by atoms with Gasteiger partial charge in [0, 0.05) is 30.9 Å². The number of hydrogen-bond acceptors (Lipinski definition) is 4. The predicted molar refractivity (Wildman–Crippen MR) is 78.9 cm³/mol. The largest absolute Gasteiger partial charge is 0.391 e. The number of nitrogens with one attached hydrogen (secondary N) is 1. The number of aliphatic hydroxyl groups excluding tert-OH is 1. The number of aryl methyl sites for hydroxylation is 1. The van der Waals surface area contributed by atoms with E-state index >= 15 is 0 Å². The molecule has 1 saturated heterocycles. The SMILES string of the molecule is CCCNc1cc(C(=O)N2CCC(O)C2)cc(CC)n1. The van der Waals surface area contributed by atoms with E-state index in [-0.39, 0.29) is 12.0 Å². The summed E-state index contributed by atoms with van der Waals surface area (Å²) in [6.45, 7) is 6.02. The van der Waals surface area contributed by atoms with Crippen molar-refractivity contribution in [3.05, 3.63) is 23.4 Å². The number of carbonyl (C=O) groups excluding carboxylic acids is 1. The summed E-state index contributed by atoms with van der Waals surface area (Å²) < 4.78 is 0. The highest BCUT2D eigenvalue weighted by molar-refractivity contribution is 5.95. The van der Waals surface area contributed by atoms with E-state index in [1.165, 1.54) is 0 Å². The number of nitrogens with zero attached hydrogens (tertiary/aromatic N) is 2. The maximum atomic E-state index is 12.4. The summed E-state index contributed by atoms with van der Waals surface area (Å²) in [5.74, 6) is 0.743. The highest BCUT2D eigenvalue weighted by Crippen LogP contribution is 2.17. The van der Waals surface area contributed by atoms with Crippen LogP contribution in [-0.2, 0) is 6.42 Å². The summed E-state index contributed by atoms with van der Waals surface area (Å²) in [4.78, 5) is 18.6. The third kappa shape index (κ3) is 3.48. The molecule has 0 aromatic carbocycles. The molecule has 1 aromatic heterocycles. The molecule has 5 nitrogen and oxygen atoms in total. The Bertz CT molecular complexity index is 476. The van der Waals surface area contributed by atoms with Gasteiger partial charge >= 0.3 is 0 Å². The molecule has 2 heterocycles. The van der Waals surface area contributed by atoms with Gasteiger partial charge in [-0.05, 0) is 31.4 Å². The quantitative estimate of drug-likeness (QED) is 0.859. The molecule has 110 valence electrons. The van der Waals surface area contributed by atoms with Gasteiger partial charge in [0.15, 0.2) is 0 Å². The molecule has 1 fully saturated rings. The average Bonchev–Trinajstić information content (AvgIpc) is 2.90. The summed E-state index contributed by atoms with van der Waals surface area (Å²) in [5, 5.41) is 12.8. The number of rotatable bonds is 5. The molecule has 1 unspecified atom stereocenters. The highest BCUT2D eigenvalue weighted by atomic mass is 16.3. The van der Waals surface area contributed by atoms with Crippen LogP contribution in [0.1, 0.15) is 42.7 Å². The first-order chi connectivity index (χ1) is 9.63. The lowest BCUT2D eigenvalue weighted by atomic mass is 10.1. The van der Waals surface area contributed by atoms with Crippen LogP contribution in [0.2, 0.25) is 0 Å². The van der Waals surface area contributed by atoms with Gasteiger partial charge in [-0.3, -0.25) is 4.79 Å². The number of aromatic nitrogens is 1. The van der Waals surface area contributed by atoms with Crippen molar-refractivity contribution in [2.45, 2.75) is 39.2 Å². The number of carbonyl (C=O) groups is 1. The number of pyridine rings is 1. The second kappa shape index (κ2) is 6.70. The summed E-state index contributed by atoms with van der Waals surface area (Å²) >= 11 is 0. The molecular formula is C15H23N3O2. The number of likely N-dealkylation sites (tertiary alicyclic amines) is 1. The fraction of sp³-hybridized carbons (Fsp3) is 0.600. The molecule has 0 aliphatic carbocycles. The number of amides is 1. The Labute approximate surface area is 120 Å². The molecule has 0 spiro atoms.